The van der Waals surface area contributed by atoms with Crippen molar-refractivity contribution in [1.29, 1.82) is 5.26 Å². The summed E-state index contributed by atoms with van der Waals surface area (Å²) in [5, 5.41) is 14.7. The Morgan fingerprint density at radius 3 is 2.78 bits per heavy atom. The number of aromatic nitrogens is 3. The Labute approximate surface area is 211 Å². The number of nitrogens with one attached hydrogen (secondary N) is 2. The third-order valence-corrected chi connectivity index (χ3v) is 5.77. The average molecular weight is 506 g/mol. The molecule has 0 radical (unpaired) electrons. The van der Waals surface area contributed by atoms with Crippen LogP contribution in [-0.4, -0.2) is 39.5 Å². The first kappa shape index (κ1) is 25.5. The number of hydrogen-bond acceptors (Lipinski definition) is 7. The standard InChI is InChI=1S/C26H25F2N7O2/c1-3-16-12-17(4-5-18(16)26(36)33-15(2)13-30)34-24-25-32-14-20(35(25)10-9-31-24)19-6-7-21(37-11-8-29)23(28)22(19)27/h4-7,9-10,12,14-15H,3,11,13,30H2,1-2H3,(H,31,34)(H,33,36)/t15-/m0/s1. The number of hydrogen-bond donors (Lipinski definition) is 3. The number of aryl methyl sites for hydroxylation is 1. The molecule has 4 aromatic rings. The van der Waals surface area contributed by atoms with Gasteiger partial charge in [-0.25, -0.2) is 14.4 Å². The van der Waals surface area contributed by atoms with Gasteiger partial charge in [0.25, 0.3) is 5.91 Å². The highest BCUT2D eigenvalue weighted by Crippen LogP contribution is 2.32. The highest BCUT2D eigenvalue weighted by atomic mass is 19.2. The topological polar surface area (TPSA) is 130 Å². The SMILES string of the molecule is CCc1cc(Nc2nccn3c(-c4ccc(OCC#N)c(F)c4F)cnc23)ccc1C(=O)N[C@@H](C)CN. The minimum absolute atomic E-state index is 0.0261. The van der Waals surface area contributed by atoms with Crippen molar-refractivity contribution >= 4 is 23.1 Å². The summed E-state index contributed by atoms with van der Waals surface area (Å²) in [6.07, 6.45) is 5.14. The molecule has 2 aromatic carbocycles. The molecule has 0 aliphatic heterocycles. The van der Waals surface area contributed by atoms with Gasteiger partial charge in [0.2, 0.25) is 5.82 Å². The predicted octanol–water partition coefficient (Wildman–Crippen LogP) is 3.96. The van der Waals surface area contributed by atoms with E-state index >= 15 is 0 Å². The van der Waals surface area contributed by atoms with E-state index in [1.165, 1.54) is 24.5 Å². The number of benzene rings is 2. The Morgan fingerprint density at radius 2 is 2.05 bits per heavy atom. The molecule has 0 bridgehead atoms. The summed E-state index contributed by atoms with van der Waals surface area (Å²) in [5.41, 5.74) is 8.35. The lowest BCUT2D eigenvalue weighted by atomic mass is 10.0. The lowest BCUT2D eigenvalue weighted by Gasteiger charge is -2.15. The van der Waals surface area contributed by atoms with Crippen molar-refractivity contribution in [2.75, 3.05) is 18.5 Å². The first-order valence-corrected chi connectivity index (χ1v) is 11.6. The maximum atomic E-state index is 14.9. The largest absolute Gasteiger partial charge is 0.476 e. The van der Waals surface area contributed by atoms with Gasteiger partial charge in [-0.15, -0.1) is 0 Å². The molecular formula is C26H25F2N7O2. The summed E-state index contributed by atoms with van der Waals surface area (Å²) in [6, 6.07) is 9.54. The molecule has 0 saturated heterocycles. The number of ether oxygens (including phenoxy) is 1. The van der Waals surface area contributed by atoms with E-state index in [-0.39, 0.29) is 23.3 Å². The molecule has 0 saturated carbocycles. The monoisotopic (exact) mass is 505 g/mol. The van der Waals surface area contributed by atoms with Crippen molar-refractivity contribution in [3.63, 3.8) is 0 Å². The summed E-state index contributed by atoms with van der Waals surface area (Å²) < 4.78 is 35.9. The second-order valence-corrected chi connectivity index (χ2v) is 8.26. The molecule has 0 unspecified atom stereocenters. The Kier molecular flexibility index (Phi) is 7.60. The van der Waals surface area contributed by atoms with E-state index in [2.05, 4.69) is 20.6 Å². The first-order chi connectivity index (χ1) is 17.9. The second kappa shape index (κ2) is 11.0. The van der Waals surface area contributed by atoms with Crippen LogP contribution in [0.3, 0.4) is 0 Å². The molecule has 1 amide bonds. The molecule has 37 heavy (non-hydrogen) atoms. The van der Waals surface area contributed by atoms with Gasteiger partial charge in [0.05, 0.1) is 11.9 Å². The van der Waals surface area contributed by atoms with Gasteiger partial charge in [-0.1, -0.05) is 6.92 Å². The van der Waals surface area contributed by atoms with Crippen LogP contribution >= 0.6 is 0 Å². The summed E-state index contributed by atoms with van der Waals surface area (Å²) in [7, 11) is 0. The Morgan fingerprint density at radius 1 is 1.24 bits per heavy atom. The first-order valence-electron chi connectivity index (χ1n) is 11.6. The van der Waals surface area contributed by atoms with Gasteiger partial charge in [-0.2, -0.15) is 9.65 Å². The van der Waals surface area contributed by atoms with Gasteiger partial charge in [0.15, 0.2) is 29.6 Å². The molecule has 0 aliphatic carbocycles. The third-order valence-electron chi connectivity index (χ3n) is 5.77. The summed E-state index contributed by atoms with van der Waals surface area (Å²) in [6.45, 7) is 3.73. The number of anilines is 2. The summed E-state index contributed by atoms with van der Waals surface area (Å²) in [5.74, 6) is -2.46. The van der Waals surface area contributed by atoms with Crippen molar-refractivity contribution in [2.24, 2.45) is 5.73 Å². The number of fused-ring (bicyclic) bond motifs is 1. The molecule has 190 valence electrons. The fraction of sp³-hybridized carbons (Fsp3) is 0.231. The Hall–Kier alpha value is -4.56. The second-order valence-electron chi connectivity index (χ2n) is 8.26. The highest BCUT2D eigenvalue weighted by Gasteiger charge is 2.20. The van der Waals surface area contributed by atoms with Crippen molar-refractivity contribution in [3.05, 3.63) is 71.7 Å². The zero-order valence-corrected chi connectivity index (χ0v) is 20.3. The number of rotatable bonds is 9. The van der Waals surface area contributed by atoms with E-state index in [1.54, 1.807) is 28.8 Å². The van der Waals surface area contributed by atoms with E-state index in [1.807, 2.05) is 19.9 Å². The number of carbonyl (C=O) groups excluding carboxylic acids is 1. The van der Waals surface area contributed by atoms with E-state index in [0.29, 0.717) is 41.4 Å². The molecule has 0 spiro atoms. The smallest absolute Gasteiger partial charge is 0.251 e. The number of halogens is 2. The maximum Gasteiger partial charge on any atom is 0.251 e. The molecule has 11 heteroatoms. The molecule has 1 atom stereocenters. The Bertz CT molecular complexity index is 1500. The number of nitrogens with zero attached hydrogens (tertiary/aromatic N) is 4. The van der Waals surface area contributed by atoms with Crippen molar-refractivity contribution in [1.82, 2.24) is 19.7 Å². The average Bonchev–Trinajstić information content (AvgIpc) is 3.34. The van der Waals surface area contributed by atoms with Gasteiger partial charge in [-0.05, 0) is 49.2 Å². The minimum Gasteiger partial charge on any atom is -0.476 e. The van der Waals surface area contributed by atoms with E-state index in [9.17, 15) is 13.6 Å². The van der Waals surface area contributed by atoms with Crippen molar-refractivity contribution < 1.29 is 18.3 Å². The molecule has 4 rings (SSSR count). The number of nitrogens with two attached hydrogens (primary N) is 1. The lowest BCUT2D eigenvalue weighted by molar-refractivity contribution is 0.0940. The normalized spacial score (nSPS) is 11.7. The van der Waals surface area contributed by atoms with Crippen molar-refractivity contribution in [3.8, 4) is 23.1 Å². The third kappa shape index (κ3) is 5.19. The van der Waals surface area contributed by atoms with Crippen molar-refractivity contribution in [2.45, 2.75) is 26.3 Å². The number of imidazole rings is 1. The number of nitriles is 1. The van der Waals surface area contributed by atoms with Gasteiger partial charge >= 0.3 is 0 Å². The van der Waals surface area contributed by atoms with Crippen LogP contribution in [0.1, 0.15) is 29.8 Å². The van der Waals surface area contributed by atoms with E-state index < -0.39 is 18.2 Å². The van der Waals surface area contributed by atoms with Gasteiger partial charge in [0.1, 0.15) is 6.07 Å². The molecule has 0 fully saturated rings. The van der Waals surface area contributed by atoms with E-state index in [4.69, 9.17) is 15.7 Å². The molecule has 0 aliphatic rings. The quantitative estimate of drug-likeness (QED) is 0.314. The van der Waals surface area contributed by atoms with Crippen LogP contribution < -0.4 is 21.1 Å². The minimum atomic E-state index is -1.19. The maximum absolute atomic E-state index is 14.9. The van der Waals surface area contributed by atoms with Crippen LogP contribution in [0.5, 0.6) is 5.75 Å². The van der Waals surface area contributed by atoms with Crippen LogP contribution in [0.4, 0.5) is 20.3 Å². The molecular weight excluding hydrogens is 480 g/mol. The van der Waals surface area contributed by atoms with Gasteiger partial charge in [0, 0.05) is 41.8 Å². The van der Waals surface area contributed by atoms with E-state index in [0.717, 1.165) is 5.56 Å². The van der Waals surface area contributed by atoms with Crippen LogP contribution in [0.15, 0.2) is 48.9 Å². The zero-order valence-electron chi connectivity index (χ0n) is 20.3. The molecule has 2 heterocycles. The molecule has 2 aromatic heterocycles. The molecule has 4 N–H and O–H groups in total. The van der Waals surface area contributed by atoms with Crippen LogP contribution in [0, 0.1) is 23.0 Å². The zero-order chi connectivity index (χ0) is 26.5. The summed E-state index contributed by atoms with van der Waals surface area (Å²) >= 11 is 0. The Balaban J connectivity index is 1.65. The van der Waals surface area contributed by atoms with Gasteiger partial charge < -0.3 is 21.1 Å². The number of carbonyl (C=O) groups is 1. The lowest BCUT2D eigenvalue weighted by Crippen LogP contribution is -2.38. The highest BCUT2D eigenvalue weighted by molar-refractivity contribution is 5.96. The predicted molar refractivity (Wildman–Crippen MR) is 135 cm³/mol. The van der Waals surface area contributed by atoms with Crippen LogP contribution in [0.2, 0.25) is 0 Å². The molecule has 9 nitrogen and oxygen atoms in total. The van der Waals surface area contributed by atoms with Crippen LogP contribution in [0.25, 0.3) is 16.9 Å². The fourth-order valence-electron chi connectivity index (χ4n) is 3.84. The number of amides is 1. The van der Waals surface area contributed by atoms with Gasteiger partial charge in [-0.3, -0.25) is 9.20 Å². The van der Waals surface area contributed by atoms with Crippen LogP contribution in [-0.2, 0) is 6.42 Å². The fourth-order valence-corrected chi connectivity index (χ4v) is 3.84. The summed E-state index contributed by atoms with van der Waals surface area (Å²) in [4.78, 5) is 21.3.